The van der Waals surface area contributed by atoms with Gasteiger partial charge in [0.15, 0.2) is 0 Å². The highest BCUT2D eigenvalue weighted by atomic mass is 15.4. The summed E-state index contributed by atoms with van der Waals surface area (Å²) in [6.45, 7) is 15.3. The number of nitrogens with zero attached hydrogens (tertiary/aromatic N) is 4. The molecule has 0 aliphatic carbocycles. The summed E-state index contributed by atoms with van der Waals surface area (Å²) in [5, 5.41) is 8.00. The molecule has 0 amide bonds. The highest BCUT2D eigenvalue weighted by Gasteiger charge is 2.32. The third-order valence-corrected chi connectivity index (χ3v) is 4.22. The molecule has 0 bridgehead atoms. The molecule has 5 heteroatoms. The van der Waals surface area contributed by atoms with Gasteiger partial charge in [0.05, 0.1) is 6.54 Å². The average Bonchev–Trinajstić information content (AvgIpc) is 2.79. The fraction of sp³-hybridized carbons (Fsp3) is 0.867. The van der Waals surface area contributed by atoms with E-state index in [9.17, 15) is 0 Å². The summed E-state index contributed by atoms with van der Waals surface area (Å²) >= 11 is 0. The molecule has 5 nitrogen and oxygen atoms in total. The maximum atomic E-state index is 4.44. The Kier molecular flexibility index (Phi) is 4.81. The second-order valence-corrected chi connectivity index (χ2v) is 7.00. The molecule has 1 saturated heterocycles. The number of piperazine rings is 1. The molecular formula is C15H29N5. The molecule has 114 valence electrons. The van der Waals surface area contributed by atoms with Crippen LogP contribution in [0.15, 0.2) is 6.33 Å². The molecular weight excluding hydrogens is 250 g/mol. The van der Waals surface area contributed by atoms with E-state index in [-0.39, 0.29) is 5.41 Å². The number of aryl methyl sites for hydroxylation is 1. The minimum Gasteiger partial charge on any atom is -0.311 e. The van der Waals surface area contributed by atoms with E-state index >= 15 is 0 Å². The van der Waals surface area contributed by atoms with Gasteiger partial charge in [-0.1, -0.05) is 27.7 Å². The van der Waals surface area contributed by atoms with Crippen LogP contribution in [0.4, 0.5) is 0 Å². The molecule has 0 saturated carbocycles. The van der Waals surface area contributed by atoms with Crippen molar-refractivity contribution in [2.45, 2.75) is 66.2 Å². The van der Waals surface area contributed by atoms with Crippen LogP contribution in [0.25, 0.3) is 0 Å². The van der Waals surface area contributed by atoms with Gasteiger partial charge in [0.1, 0.15) is 12.2 Å². The van der Waals surface area contributed by atoms with Crippen molar-refractivity contribution in [3.63, 3.8) is 0 Å². The van der Waals surface area contributed by atoms with Gasteiger partial charge in [-0.3, -0.25) is 4.90 Å². The predicted molar refractivity (Wildman–Crippen MR) is 81.4 cm³/mol. The van der Waals surface area contributed by atoms with Crippen LogP contribution in [0, 0.1) is 5.41 Å². The van der Waals surface area contributed by atoms with Gasteiger partial charge in [-0.05, 0) is 18.8 Å². The molecule has 0 radical (unpaired) electrons. The lowest BCUT2D eigenvalue weighted by Gasteiger charge is -2.43. The van der Waals surface area contributed by atoms with Crippen LogP contribution in [0.2, 0.25) is 0 Å². The number of aromatic nitrogens is 3. The first-order valence-electron chi connectivity index (χ1n) is 7.76. The first-order chi connectivity index (χ1) is 9.41. The fourth-order valence-corrected chi connectivity index (χ4v) is 2.71. The Hall–Kier alpha value is -0.940. The molecule has 2 unspecified atom stereocenters. The van der Waals surface area contributed by atoms with Crippen molar-refractivity contribution in [3.05, 3.63) is 12.2 Å². The first-order valence-corrected chi connectivity index (χ1v) is 7.76. The van der Waals surface area contributed by atoms with E-state index in [0.717, 1.165) is 38.4 Å². The Labute approximate surface area is 122 Å². The van der Waals surface area contributed by atoms with Crippen LogP contribution in [-0.2, 0) is 13.1 Å². The van der Waals surface area contributed by atoms with Gasteiger partial charge in [0.25, 0.3) is 0 Å². The summed E-state index contributed by atoms with van der Waals surface area (Å²) in [4.78, 5) is 6.97. The summed E-state index contributed by atoms with van der Waals surface area (Å²) in [6, 6.07) is 1.07. The van der Waals surface area contributed by atoms with E-state index in [2.05, 4.69) is 54.9 Å². The maximum absolute atomic E-state index is 4.44. The van der Waals surface area contributed by atoms with E-state index in [1.807, 2.05) is 4.68 Å². The summed E-state index contributed by atoms with van der Waals surface area (Å²) in [5.74, 6) is 1.09. The summed E-state index contributed by atoms with van der Waals surface area (Å²) in [6.07, 6.45) is 2.77. The van der Waals surface area contributed by atoms with Gasteiger partial charge < -0.3 is 5.32 Å². The molecule has 2 rings (SSSR count). The first kappa shape index (κ1) is 15.4. The van der Waals surface area contributed by atoms with E-state index in [1.54, 1.807) is 6.33 Å². The second kappa shape index (κ2) is 6.22. The van der Waals surface area contributed by atoms with Crippen LogP contribution in [0.1, 0.15) is 46.9 Å². The van der Waals surface area contributed by atoms with Gasteiger partial charge >= 0.3 is 0 Å². The quantitative estimate of drug-likeness (QED) is 0.914. The molecule has 1 aliphatic heterocycles. The number of hydrogen-bond donors (Lipinski definition) is 1. The third kappa shape index (κ3) is 3.58. The monoisotopic (exact) mass is 279 g/mol. The normalized spacial score (nSPS) is 25.1. The maximum Gasteiger partial charge on any atom is 0.141 e. The number of hydrogen-bond acceptors (Lipinski definition) is 4. The zero-order chi connectivity index (χ0) is 14.8. The standard InChI is InChI=1S/C15H29N5/c1-6-7-20-14(17-11-18-20)10-19-9-13(15(3,4)5)16-8-12(19)2/h11-13,16H,6-10H2,1-5H3. The van der Waals surface area contributed by atoms with Crippen molar-refractivity contribution in [2.24, 2.45) is 5.41 Å². The number of rotatable bonds is 4. The molecule has 2 heterocycles. The molecule has 1 fully saturated rings. The largest absolute Gasteiger partial charge is 0.311 e. The molecule has 0 spiro atoms. The Morgan fingerprint density at radius 1 is 1.40 bits per heavy atom. The second-order valence-electron chi connectivity index (χ2n) is 7.00. The zero-order valence-corrected chi connectivity index (χ0v) is 13.6. The van der Waals surface area contributed by atoms with Crippen molar-refractivity contribution in [3.8, 4) is 0 Å². The molecule has 1 aliphatic rings. The minimum absolute atomic E-state index is 0.287. The Morgan fingerprint density at radius 3 is 2.80 bits per heavy atom. The van der Waals surface area contributed by atoms with Crippen molar-refractivity contribution in [2.75, 3.05) is 13.1 Å². The topological polar surface area (TPSA) is 46.0 Å². The van der Waals surface area contributed by atoms with Crippen LogP contribution < -0.4 is 5.32 Å². The lowest BCUT2D eigenvalue weighted by atomic mass is 9.85. The van der Waals surface area contributed by atoms with E-state index < -0.39 is 0 Å². The Bertz CT molecular complexity index is 420. The average molecular weight is 279 g/mol. The summed E-state index contributed by atoms with van der Waals surface area (Å²) in [7, 11) is 0. The lowest BCUT2D eigenvalue weighted by molar-refractivity contribution is 0.0842. The smallest absolute Gasteiger partial charge is 0.141 e. The molecule has 1 aromatic rings. The Balaban J connectivity index is 2.04. The van der Waals surface area contributed by atoms with E-state index in [4.69, 9.17) is 0 Å². The van der Waals surface area contributed by atoms with E-state index in [0.29, 0.717) is 12.1 Å². The van der Waals surface area contributed by atoms with Crippen LogP contribution >= 0.6 is 0 Å². The molecule has 1 N–H and O–H groups in total. The zero-order valence-electron chi connectivity index (χ0n) is 13.6. The number of nitrogens with one attached hydrogen (secondary N) is 1. The summed E-state index contributed by atoms with van der Waals surface area (Å²) < 4.78 is 2.04. The fourth-order valence-electron chi connectivity index (χ4n) is 2.71. The minimum atomic E-state index is 0.287. The SMILES string of the molecule is CCCn1ncnc1CN1CC(C(C)(C)C)NCC1C. The predicted octanol–water partition coefficient (Wildman–Crippen LogP) is 1.90. The van der Waals surface area contributed by atoms with Gasteiger partial charge in [-0.2, -0.15) is 5.10 Å². The Morgan fingerprint density at radius 2 is 2.15 bits per heavy atom. The highest BCUT2D eigenvalue weighted by molar-refractivity contribution is 4.94. The van der Waals surface area contributed by atoms with Crippen molar-refractivity contribution in [1.29, 1.82) is 0 Å². The van der Waals surface area contributed by atoms with Crippen molar-refractivity contribution < 1.29 is 0 Å². The van der Waals surface area contributed by atoms with Crippen LogP contribution in [0.3, 0.4) is 0 Å². The third-order valence-electron chi connectivity index (χ3n) is 4.22. The summed E-state index contributed by atoms with van der Waals surface area (Å²) in [5.41, 5.74) is 0.287. The van der Waals surface area contributed by atoms with Crippen LogP contribution in [0.5, 0.6) is 0 Å². The van der Waals surface area contributed by atoms with Gasteiger partial charge in [-0.25, -0.2) is 9.67 Å². The lowest BCUT2D eigenvalue weighted by Crippen LogP contribution is -2.59. The van der Waals surface area contributed by atoms with Crippen LogP contribution in [-0.4, -0.2) is 44.8 Å². The molecule has 20 heavy (non-hydrogen) atoms. The van der Waals surface area contributed by atoms with E-state index in [1.165, 1.54) is 0 Å². The van der Waals surface area contributed by atoms with Gasteiger partial charge in [0.2, 0.25) is 0 Å². The highest BCUT2D eigenvalue weighted by Crippen LogP contribution is 2.24. The van der Waals surface area contributed by atoms with Gasteiger partial charge in [-0.15, -0.1) is 0 Å². The van der Waals surface area contributed by atoms with Gasteiger partial charge in [0, 0.05) is 31.7 Å². The van der Waals surface area contributed by atoms with Crippen molar-refractivity contribution in [1.82, 2.24) is 25.0 Å². The van der Waals surface area contributed by atoms with Crippen molar-refractivity contribution >= 4 is 0 Å². The molecule has 0 aromatic carbocycles. The molecule has 2 atom stereocenters. The molecule has 1 aromatic heterocycles.